The van der Waals surface area contributed by atoms with Crippen molar-refractivity contribution in [1.82, 2.24) is 4.90 Å². The quantitative estimate of drug-likeness (QED) is 0.869. The van der Waals surface area contributed by atoms with E-state index >= 15 is 0 Å². The second kappa shape index (κ2) is 7.08. The number of amides is 1. The molecule has 1 N–H and O–H groups in total. The summed E-state index contributed by atoms with van der Waals surface area (Å²) in [5, 5.41) is 8.81. The van der Waals surface area contributed by atoms with Gasteiger partial charge < -0.3 is 10.0 Å². The number of aliphatic carboxylic acids is 1. The van der Waals surface area contributed by atoms with E-state index in [1.807, 2.05) is 39.8 Å². The molecule has 1 aromatic rings. The minimum atomic E-state index is -0.883. The molecule has 0 radical (unpaired) electrons. The van der Waals surface area contributed by atoms with Crippen LogP contribution in [0, 0.1) is 13.8 Å². The molecule has 0 aliphatic heterocycles. The van der Waals surface area contributed by atoms with Gasteiger partial charge in [0.15, 0.2) is 0 Å². The first-order valence-electron chi connectivity index (χ1n) is 6.96. The fraction of sp³-hybridized carbons (Fsp3) is 0.500. The van der Waals surface area contributed by atoms with Crippen LogP contribution in [0.1, 0.15) is 48.2 Å². The van der Waals surface area contributed by atoms with Gasteiger partial charge in [0.2, 0.25) is 0 Å². The second-order valence-corrected chi connectivity index (χ2v) is 5.20. The van der Waals surface area contributed by atoms with Crippen molar-refractivity contribution < 1.29 is 14.7 Å². The Morgan fingerprint density at radius 1 is 1.25 bits per heavy atom. The van der Waals surface area contributed by atoms with Crippen molar-refractivity contribution in [3.05, 3.63) is 34.9 Å². The molecule has 1 atom stereocenters. The highest BCUT2D eigenvalue weighted by Gasteiger charge is 2.21. The highest BCUT2D eigenvalue weighted by molar-refractivity contribution is 5.94. The lowest BCUT2D eigenvalue weighted by molar-refractivity contribution is -0.137. The lowest BCUT2D eigenvalue weighted by Crippen LogP contribution is -2.39. The van der Waals surface area contributed by atoms with Gasteiger partial charge in [0.1, 0.15) is 0 Å². The van der Waals surface area contributed by atoms with Crippen LogP contribution in [-0.2, 0) is 4.79 Å². The number of carboxylic acids is 1. The molecular formula is C16H23NO3. The Kier molecular flexibility index (Phi) is 5.74. The van der Waals surface area contributed by atoms with Crippen LogP contribution in [0.5, 0.6) is 0 Å². The average Bonchev–Trinajstić information content (AvgIpc) is 2.41. The summed E-state index contributed by atoms with van der Waals surface area (Å²) < 4.78 is 0. The van der Waals surface area contributed by atoms with E-state index in [4.69, 9.17) is 5.11 Å². The van der Waals surface area contributed by atoms with Gasteiger partial charge >= 0.3 is 5.97 Å². The van der Waals surface area contributed by atoms with Crippen LogP contribution >= 0.6 is 0 Å². The van der Waals surface area contributed by atoms with Gasteiger partial charge in [-0.1, -0.05) is 13.0 Å². The molecule has 4 nitrogen and oxygen atoms in total. The Bertz CT molecular complexity index is 496. The molecule has 1 aromatic carbocycles. The Balaban J connectivity index is 2.96. The summed E-state index contributed by atoms with van der Waals surface area (Å²) in [5.41, 5.74) is 2.83. The van der Waals surface area contributed by atoms with E-state index in [1.54, 1.807) is 11.0 Å². The molecule has 1 unspecified atom stereocenters. The van der Waals surface area contributed by atoms with E-state index in [0.29, 0.717) is 5.56 Å². The number of hydrogen-bond donors (Lipinski definition) is 1. The van der Waals surface area contributed by atoms with E-state index in [9.17, 15) is 9.59 Å². The third-order valence-corrected chi connectivity index (χ3v) is 3.70. The van der Waals surface area contributed by atoms with Crippen molar-refractivity contribution in [1.29, 1.82) is 0 Å². The molecule has 0 aliphatic rings. The maximum atomic E-state index is 12.6. The summed E-state index contributed by atoms with van der Waals surface area (Å²) in [5.74, 6) is -0.977. The molecule has 0 fully saturated rings. The van der Waals surface area contributed by atoms with Crippen LogP contribution in [0.3, 0.4) is 0 Å². The molecule has 20 heavy (non-hydrogen) atoms. The van der Waals surface area contributed by atoms with Crippen LogP contribution < -0.4 is 0 Å². The van der Waals surface area contributed by atoms with Gasteiger partial charge in [-0.15, -0.1) is 0 Å². The smallest absolute Gasteiger partial charge is 0.305 e. The van der Waals surface area contributed by atoms with E-state index in [0.717, 1.165) is 17.5 Å². The summed E-state index contributed by atoms with van der Waals surface area (Å²) in [4.78, 5) is 24.9. The molecular weight excluding hydrogens is 254 g/mol. The predicted molar refractivity (Wildman–Crippen MR) is 79.0 cm³/mol. The summed E-state index contributed by atoms with van der Waals surface area (Å²) in [6.45, 7) is 8.15. The molecule has 0 aromatic heterocycles. The van der Waals surface area contributed by atoms with Crippen molar-refractivity contribution in [2.45, 2.75) is 46.6 Å². The summed E-state index contributed by atoms with van der Waals surface area (Å²) in [7, 11) is 0. The summed E-state index contributed by atoms with van der Waals surface area (Å²) >= 11 is 0. The minimum Gasteiger partial charge on any atom is -0.481 e. The van der Waals surface area contributed by atoms with Gasteiger partial charge in [-0.3, -0.25) is 9.59 Å². The Morgan fingerprint density at radius 2 is 1.90 bits per heavy atom. The van der Waals surface area contributed by atoms with E-state index in [2.05, 4.69) is 0 Å². The zero-order valence-corrected chi connectivity index (χ0v) is 12.6. The third kappa shape index (κ3) is 4.08. The second-order valence-electron chi connectivity index (χ2n) is 5.20. The molecule has 110 valence electrons. The van der Waals surface area contributed by atoms with Crippen molar-refractivity contribution in [3.63, 3.8) is 0 Å². The maximum Gasteiger partial charge on any atom is 0.305 e. The number of rotatable bonds is 6. The molecule has 1 amide bonds. The van der Waals surface area contributed by atoms with Gasteiger partial charge in [0, 0.05) is 18.2 Å². The topological polar surface area (TPSA) is 57.6 Å². The van der Waals surface area contributed by atoms with Gasteiger partial charge in [-0.25, -0.2) is 0 Å². The Labute approximate surface area is 120 Å². The SMILES string of the molecule is CCC(C)N(CCC(=O)O)C(=O)c1ccc(C)c(C)c1. The molecule has 0 saturated carbocycles. The highest BCUT2D eigenvalue weighted by Crippen LogP contribution is 2.15. The fourth-order valence-electron chi connectivity index (χ4n) is 2.00. The van der Waals surface area contributed by atoms with E-state index < -0.39 is 5.97 Å². The van der Waals surface area contributed by atoms with Crippen molar-refractivity contribution in [3.8, 4) is 0 Å². The standard InChI is InChI=1S/C16H23NO3/c1-5-13(4)17(9-8-15(18)19)16(20)14-7-6-11(2)12(3)10-14/h6-7,10,13H,5,8-9H2,1-4H3,(H,18,19). The highest BCUT2D eigenvalue weighted by atomic mass is 16.4. The molecule has 0 aliphatic carbocycles. The predicted octanol–water partition coefficient (Wildman–Crippen LogP) is 3.02. The van der Waals surface area contributed by atoms with Crippen molar-refractivity contribution >= 4 is 11.9 Å². The number of carboxylic acid groups (broad SMARTS) is 1. The minimum absolute atomic E-state index is 0.0269. The van der Waals surface area contributed by atoms with Crippen LogP contribution in [0.25, 0.3) is 0 Å². The number of carbonyl (C=O) groups excluding carboxylic acids is 1. The average molecular weight is 277 g/mol. The van der Waals surface area contributed by atoms with Crippen molar-refractivity contribution in [2.75, 3.05) is 6.54 Å². The molecule has 1 rings (SSSR count). The molecule has 0 spiro atoms. The van der Waals surface area contributed by atoms with Crippen molar-refractivity contribution in [2.24, 2.45) is 0 Å². The third-order valence-electron chi connectivity index (χ3n) is 3.70. The van der Waals surface area contributed by atoms with Crippen LogP contribution in [0.4, 0.5) is 0 Å². The van der Waals surface area contributed by atoms with E-state index in [1.165, 1.54) is 0 Å². The van der Waals surface area contributed by atoms with E-state index in [-0.39, 0.29) is 24.9 Å². The fourth-order valence-corrected chi connectivity index (χ4v) is 2.00. The van der Waals surface area contributed by atoms with Crippen LogP contribution in [-0.4, -0.2) is 34.5 Å². The van der Waals surface area contributed by atoms with Gasteiger partial charge in [0.05, 0.1) is 6.42 Å². The van der Waals surface area contributed by atoms with Gasteiger partial charge in [-0.2, -0.15) is 0 Å². The summed E-state index contributed by atoms with van der Waals surface area (Å²) in [6.07, 6.45) is 0.775. The number of carbonyl (C=O) groups is 2. The Hall–Kier alpha value is -1.84. The molecule has 0 bridgehead atoms. The number of benzene rings is 1. The molecule has 0 heterocycles. The summed E-state index contributed by atoms with van der Waals surface area (Å²) in [6, 6.07) is 5.63. The number of nitrogens with zero attached hydrogens (tertiary/aromatic N) is 1. The van der Waals surface area contributed by atoms with Gasteiger partial charge in [0.25, 0.3) is 5.91 Å². The van der Waals surface area contributed by atoms with Gasteiger partial charge in [-0.05, 0) is 50.5 Å². The Morgan fingerprint density at radius 3 is 2.40 bits per heavy atom. The normalized spacial score (nSPS) is 12.0. The molecule has 4 heteroatoms. The lowest BCUT2D eigenvalue weighted by atomic mass is 10.0. The van der Waals surface area contributed by atoms with Crippen LogP contribution in [0.15, 0.2) is 18.2 Å². The monoisotopic (exact) mass is 277 g/mol. The maximum absolute atomic E-state index is 12.6. The zero-order chi connectivity index (χ0) is 15.3. The number of aryl methyl sites for hydroxylation is 2. The first kappa shape index (κ1) is 16.2. The molecule has 0 saturated heterocycles. The zero-order valence-electron chi connectivity index (χ0n) is 12.6. The number of hydrogen-bond acceptors (Lipinski definition) is 2. The lowest BCUT2D eigenvalue weighted by Gasteiger charge is -2.28. The largest absolute Gasteiger partial charge is 0.481 e. The first-order valence-corrected chi connectivity index (χ1v) is 6.96. The first-order chi connectivity index (χ1) is 9.36. The van der Waals surface area contributed by atoms with Crippen LogP contribution in [0.2, 0.25) is 0 Å².